The van der Waals surface area contributed by atoms with Crippen molar-refractivity contribution in [2.24, 2.45) is 16.4 Å². The predicted octanol–water partition coefficient (Wildman–Crippen LogP) is 5.40. The first-order valence-corrected chi connectivity index (χ1v) is 14.2. The fourth-order valence-electron chi connectivity index (χ4n) is 5.45. The summed E-state index contributed by atoms with van der Waals surface area (Å²) in [5.74, 6) is -0.888. The van der Waals surface area contributed by atoms with Crippen LogP contribution in [0.2, 0.25) is 0 Å². The van der Waals surface area contributed by atoms with Crippen LogP contribution in [0.5, 0.6) is 0 Å². The quantitative estimate of drug-likeness (QED) is 0.318. The molecule has 1 fully saturated rings. The average molecular weight is 593 g/mol. The minimum absolute atomic E-state index is 0.220. The van der Waals surface area contributed by atoms with E-state index in [2.05, 4.69) is 86.5 Å². The number of aryl methyl sites for hydroxylation is 1. The summed E-state index contributed by atoms with van der Waals surface area (Å²) in [6, 6.07) is 19.6. The number of aliphatic carboxylic acids is 1. The molecule has 1 spiro atoms. The van der Waals surface area contributed by atoms with E-state index in [0.29, 0.717) is 6.42 Å². The summed E-state index contributed by atoms with van der Waals surface area (Å²) >= 11 is 5.75. The first kappa shape index (κ1) is 24.9. The standard InChI is InChI=1S/C28H26BrN5O3S/c1-15-12-19-18-10-6-7-11-21(18)28(23(19)24(29)25(15)38-14-17-8-4-3-5-9-17)31-32-33-34(28)22-13-20(22)26(35)30-16(2)27(36)37/h3-12,16,20,22H,13-14H2,1-2H3,(H,30,35)(H,31,33)(H,36,37)/t16-,20?,22?,28?/m0/s1. The Balaban J connectivity index is 1.39. The van der Waals surface area contributed by atoms with Gasteiger partial charge in [0.05, 0.1) is 12.0 Å². The Labute approximate surface area is 233 Å². The molecule has 1 amide bonds. The summed E-state index contributed by atoms with van der Waals surface area (Å²) in [7, 11) is 0. The second-order valence-corrected chi connectivity index (χ2v) is 11.7. The van der Waals surface area contributed by atoms with E-state index in [-0.39, 0.29) is 17.9 Å². The lowest BCUT2D eigenvalue weighted by atomic mass is 9.95. The summed E-state index contributed by atoms with van der Waals surface area (Å²) in [4.78, 5) is 25.3. The van der Waals surface area contributed by atoms with Gasteiger partial charge in [-0.05, 0) is 64.5 Å². The van der Waals surface area contributed by atoms with Crippen LogP contribution in [0.15, 0.2) is 80.5 Å². The SMILES string of the molecule is Cc1cc2c(c(Br)c1SCc1ccccc1)C1(NN=NN1C1CC1C(=O)N[C@@H](C)C(=O)O)c1ccccc1-2. The molecule has 194 valence electrons. The number of nitrogens with zero attached hydrogens (tertiary/aromatic N) is 3. The van der Waals surface area contributed by atoms with E-state index in [1.165, 1.54) is 18.1 Å². The molecule has 38 heavy (non-hydrogen) atoms. The third-order valence-corrected chi connectivity index (χ3v) is 9.78. The lowest BCUT2D eigenvalue weighted by Gasteiger charge is -2.35. The Morgan fingerprint density at radius 2 is 1.95 bits per heavy atom. The second kappa shape index (κ2) is 9.43. The van der Waals surface area contributed by atoms with E-state index in [9.17, 15) is 14.7 Å². The van der Waals surface area contributed by atoms with Crippen molar-refractivity contribution in [3.63, 3.8) is 0 Å². The Morgan fingerprint density at radius 1 is 1.21 bits per heavy atom. The number of amides is 1. The Bertz CT molecular complexity index is 1480. The monoisotopic (exact) mass is 591 g/mol. The number of nitrogens with one attached hydrogen (secondary N) is 2. The van der Waals surface area contributed by atoms with Crippen LogP contribution >= 0.6 is 27.7 Å². The fourth-order valence-corrected chi connectivity index (χ4v) is 7.62. The van der Waals surface area contributed by atoms with E-state index >= 15 is 0 Å². The van der Waals surface area contributed by atoms with Gasteiger partial charge in [0.25, 0.3) is 0 Å². The van der Waals surface area contributed by atoms with Crippen LogP contribution in [-0.2, 0) is 21.0 Å². The highest BCUT2D eigenvalue weighted by Gasteiger charge is 2.61. The summed E-state index contributed by atoms with van der Waals surface area (Å²) in [5.41, 5.74) is 9.10. The van der Waals surface area contributed by atoms with Crippen LogP contribution in [0.1, 0.15) is 35.6 Å². The van der Waals surface area contributed by atoms with Crippen LogP contribution in [0, 0.1) is 12.8 Å². The predicted molar refractivity (Wildman–Crippen MR) is 148 cm³/mol. The molecule has 0 radical (unpaired) electrons. The first-order chi connectivity index (χ1) is 18.3. The minimum Gasteiger partial charge on any atom is -0.480 e. The number of thioether (sulfide) groups is 1. The van der Waals surface area contributed by atoms with Crippen molar-refractivity contribution in [1.82, 2.24) is 15.8 Å². The van der Waals surface area contributed by atoms with E-state index in [1.54, 1.807) is 11.8 Å². The first-order valence-electron chi connectivity index (χ1n) is 12.4. The molecule has 1 aliphatic heterocycles. The van der Waals surface area contributed by atoms with Gasteiger partial charge in [0.15, 0.2) is 5.66 Å². The summed E-state index contributed by atoms with van der Waals surface area (Å²) < 4.78 is 0.982. The van der Waals surface area contributed by atoms with Gasteiger partial charge in [-0.15, -0.1) is 11.8 Å². The largest absolute Gasteiger partial charge is 0.480 e. The van der Waals surface area contributed by atoms with Gasteiger partial charge < -0.3 is 10.4 Å². The third-order valence-electron chi connectivity index (χ3n) is 7.44. The van der Waals surface area contributed by atoms with Gasteiger partial charge in [-0.2, -0.15) is 0 Å². The third kappa shape index (κ3) is 3.89. The Kier molecular flexibility index (Phi) is 6.19. The van der Waals surface area contributed by atoms with Gasteiger partial charge in [0.1, 0.15) is 6.04 Å². The number of carboxylic acid groups (broad SMARTS) is 1. The highest BCUT2D eigenvalue weighted by atomic mass is 79.9. The number of benzene rings is 3. The van der Waals surface area contributed by atoms with Crippen LogP contribution in [0.3, 0.4) is 0 Å². The molecule has 3 N–H and O–H groups in total. The molecule has 10 heteroatoms. The van der Waals surface area contributed by atoms with Crippen molar-refractivity contribution in [3.8, 4) is 11.1 Å². The smallest absolute Gasteiger partial charge is 0.325 e. The van der Waals surface area contributed by atoms with Crippen LogP contribution < -0.4 is 10.7 Å². The van der Waals surface area contributed by atoms with E-state index in [1.807, 2.05) is 23.2 Å². The van der Waals surface area contributed by atoms with Crippen molar-refractivity contribution in [1.29, 1.82) is 0 Å². The number of hydrogen-bond donors (Lipinski definition) is 3. The maximum absolute atomic E-state index is 12.9. The second-order valence-electron chi connectivity index (χ2n) is 9.91. The molecular weight excluding hydrogens is 566 g/mol. The highest BCUT2D eigenvalue weighted by molar-refractivity contribution is 9.10. The van der Waals surface area contributed by atoms with Crippen LogP contribution in [0.4, 0.5) is 0 Å². The molecule has 3 aromatic rings. The molecular formula is C28H26BrN5O3S. The molecule has 0 aromatic heterocycles. The van der Waals surface area contributed by atoms with Crippen molar-refractivity contribution >= 4 is 39.6 Å². The van der Waals surface area contributed by atoms with Crippen LogP contribution in [0.25, 0.3) is 11.1 Å². The van der Waals surface area contributed by atoms with Crippen molar-refractivity contribution in [2.75, 3.05) is 0 Å². The van der Waals surface area contributed by atoms with E-state index < -0.39 is 17.7 Å². The van der Waals surface area contributed by atoms with E-state index in [0.717, 1.165) is 37.4 Å². The zero-order valence-corrected chi connectivity index (χ0v) is 23.2. The molecule has 8 nitrogen and oxygen atoms in total. The normalized spacial score (nSPS) is 23.1. The lowest BCUT2D eigenvalue weighted by Crippen LogP contribution is -2.50. The van der Waals surface area contributed by atoms with Crippen molar-refractivity contribution < 1.29 is 14.7 Å². The molecule has 3 aromatic carbocycles. The minimum atomic E-state index is -1.06. The van der Waals surface area contributed by atoms with Gasteiger partial charge >= 0.3 is 5.97 Å². The van der Waals surface area contributed by atoms with Gasteiger partial charge in [0, 0.05) is 26.2 Å². The number of halogens is 1. The molecule has 3 aliphatic rings. The maximum atomic E-state index is 12.9. The van der Waals surface area contributed by atoms with Gasteiger partial charge in [-0.1, -0.05) is 65.0 Å². The number of fused-ring (bicyclic) bond motifs is 5. The fraction of sp³-hybridized carbons (Fsp3) is 0.286. The van der Waals surface area contributed by atoms with Crippen LogP contribution in [-0.4, -0.2) is 34.1 Å². The van der Waals surface area contributed by atoms with Gasteiger partial charge in [-0.3, -0.25) is 15.0 Å². The maximum Gasteiger partial charge on any atom is 0.325 e. The molecule has 2 aliphatic carbocycles. The number of rotatable bonds is 7. The van der Waals surface area contributed by atoms with Gasteiger partial charge in [-0.25, -0.2) is 5.01 Å². The van der Waals surface area contributed by atoms with Crippen molar-refractivity contribution in [2.45, 2.75) is 48.7 Å². The van der Waals surface area contributed by atoms with Gasteiger partial charge in [0.2, 0.25) is 5.91 Å². The van der Waals surface area contributed by atoms with E-state index in [4.69, 9.17) is 0 Å². The molecule has 0 saturated heterocycles. The van der Waals surface area contributed by atoms with Crippen molar-refractivity contribution in [3.05, 3.63) is 87.4 Å². The highest BCUT2D eigenvalue weighted by Crippen LogP contribution is 2.58. The molecule has 1 saturated carbocycles. The molecule has 0 bridgehead atoms. The summed E-state index contributed by atoms with van der Waals surface area (Å²) in [6.45, 7) is 3.60. The molecule has 1 heterocycles. The summed E-state index contributed by atoms with van der Waals surface area (Å²) in [6.07, 6.45) is 0.567. The topological polar surface area (TPSA) is 106 Å². The summed E-state index contributed by atoms with van der Waals surface area (Å²) in [5, 5.41) is 22.5. The molecule has 4 atom stereocenters. The number of carbonyl (C=O) groups is 2. The Hall–Kier alpha value is -3.37. The average Bonchev–Trinajstić information content (AvgIpc) is 3.51. The Morgan fingerprint density at radius 3 is 2.71 bits per heavy atom. The zero-order valence-electron chi connectivity index (χ0n) is 20.8. The number of carboxylic acids is 1. The lowest BCUT2D eigenvalue weighted by molar-refractivity contribution is -0.141. The number of carbonyl (C=O) groups excluding carboxylic acids is 1. The molecule has 6 rings (SSSR count). The zero-order chi connectivity index (χ0) is 26.6. The molecule has 3 unspecified atom stereocenters. The number of hydrogen-bond acceptors (Lipinski definition) is 7.